The lowest BCUT2D eigenvalue weighted by Gasteiger charge is -2.12. The molecule has 0 aliphatic heterocycles. The Labute approximate surface area is 104 Å². The number of aromatic amines is 1. The van der Waals surface area contributed by atoms with Crippen LogP contribution in [0.5, 0.6) is 0 Å². The minimum Gasteiger partial charge on any atom is -0.396 e. The predicted molar refractivity (Wildman–Crippen MR) is 70.2 cm³/mol. The van der Waals surface area contributed by atoms with E-state index in [-0.39, 0.29) is 18.1 Å². The molecule has 0 aliphatic carbocycles. The van der Waals surface area contributed by atoms with Crippen LogP contribution in [-0.4, -0.2) is 26.2 Å². The topological polar surface area (TPSA) is 96.9 Å². The molecule has 0 saturated carbocycles. The zero-order chi connectivity index (χ0) is 13.1. The molecule has 0 spiro atoms. The van der Waals surface area contributed by atoms with Gasteiger partial charge in [0.05, 0.1) is 11.8 Å². The summed E-state index contributed by atoms with van der Waals surface area (Å²) in [7, 11) is 0. The Morgan fingerprint density at radius 2 is 2.39 bits per heavy atom. The Kier molecular flexibility index (Phi) is 3.66. The first-order chi connectivity index (χ1) is 8.65. The van der Waals surface area contributed by atoms with Gasteiger partial charge in [-0.1, -0.05) is 13.3 Å². The van der Waals surface area contributed by atoms with E-state index in [1.165, 1.54) is 0 Å². The van der Waals surface area contributed by atoms with Crippen LogP contribution >= 0.6 is 0 Å². The van der Waals surface area contributed by atoms with E-state index in [4.69, 9.17) is 10.8 Å². The second-order valence-electron chi connectivity index (χ2n) is 4.47. The Hall–Kier alpha value is -1.82. The summed E-state index contributed by atoms with van der Waals surface area (Å²) in [6, 6.07) is 1.71. The van der Waals surface area contributed by atoms with Crippen molar-refractivity contribution in [2.45, 2.75) is 26.3 Å². The molecule has 0 aromatic carbocycles. The van der Waals surface area contributed by atoms with Gasteiger partial charge in [0, 0.05) is 19.2 Å². The van der Waals surface area contributed by atoms with Gasteiger partial charge in [-0.2, -0.15) is 0 Å². The number of imidazole rings is 1. The maximum Gasteiger partial charge on any atom is 0.277 e. The van der Waals surface area contributed by atoms with Crippen LogP contribution in [-0.2, 0) is 6.54 Å². The van der Waals surface area contributed by atoms with Crippen molar-refractivity contribution in [2.75, 3.05) is 12.3 Å². The first-order valence-electron chi connectivity index (χ1n) is 6.10. The number of rotatable bonds is 5. The maximum atomic E-state index is 11.6. The number of hydrogen-bond acceptors (Lipinski definition) is 4. The van der Waals surface area contributed by atoms with Crippen molar-refractivity contribution < 1.29 is 5.11 Å². The number of hydrogen-bond donors (Lipinski definition) is 3. The van der Waals surface area contributed by atoms with Crippen LogP contribution in [0.2, 0.25) is 0 Å². The quantitative estimate of drug-likeness (QED) is 0.728. The smallest absolute Gasteiger partial charge is 0.277 e. The van der Waals surface area contributed by atoms with Crippen molar-refractivity contribution in [2.24, 2.45) is 5.92 Å². The first kappa shape index (κ1) is 12.6. The molecular weight excluding hydrogens is 232 g/mol. The summed E-state index contributed by atoms with van der Waals surface area (Å²) < 4.78 is 1.90. The molecule has 1 unspecified atom stereocenters. The number of aromatic nitrogens is 3. The normalized spacial score (nSPS) is 13.0. The van der Waals surface area contributed by atoms with E-state index >= 15 is 0 Å². The largest absolute Gasteiger partial charge is 0.396 e. The number of nitrogens with two attached hydrogens (primary N) is 1. The summed E-state index contributed by atoms with van der Waals surface area (Å²) in [5.74, 6) is 0.616. The zero-order valence-corrected chi connectivity index (χ0v) is 10.4. The van der Waals surface area contributed by atoms with Crippen LogP contribution in [0, 0.1) is 5.92 Å². The summed E-state index contributed by atoms with van der Waals surface area (Å²) in [6.07, 6.45) is 3.43. The molecule has 0 radical (unpaired) electrons. The van der Waals surface area contributed by atoms with Gasteiger partial charge < -0.3 is 20.4 Å². The van der Waals surface area contributed by atoms with Gasteiger partial charge in [-0.05, 0) is 12.3 Å². The van der Waals surface area contributed by atoms with Gasteiger partial charge in [-0.3, -0.25) is 4.79 Å². The molecule has 0 amide bonds. The Balaban J connectivity index is 2.27. The van der Waals surface area contributed by atoms with Crippen molar-refractivity contribution in [1.82, 2.24) is 14.5 Å². The number of aliphatic hydroxyl groups is 1. The first-order valence-corrected chi connectivity index (χ1v) is 6.10. The van der Waals surface area contributed by atoms with Gasteiger partial charge in [0.1, 0.15) is 5.82 Å². The number of H-pyrrole nitrogens is 1. The Morgan fingerprint density at radius 1 is 1.61 bits per heavy atom. The summed E-state index contributed by atoms with van der Waals surface area (Å²) in [4.78, 5) is 18.2. The lowest BCUT2D eigenvalue weighted by molar-refractivity contribution is 0.210. The average Bonchev–Trinajstić information content (AvgIpc) is 2.74. The number of aliphatic hydroxyl groups excluding tert-OH is 1. The molecule has 18 heavy (non-hydrogen) atoms. The molecule has 0 fully saturated rings. The summed E-state index contributed by atoms with van der Waals surface area (Å²) in [5, 5.41) is 9.16. The van der Waals surface area contributed by atoms with Gasteiger partial charge in [-0.15, -0.1) is 0 Å². The van der Waals surface area contributed by atoms with Gasteiger partial charge in [0.15, 0.2) is 5.52 Å². The van der Waals surface area contributed by atoms with E-state index in [0.29, 0.717) is 11.3 Å². The number of pyridine rings is 1. The van der Waals surface area contributed by atoms with Crippen molar-refractivity contribution in [3.05, 3.63) is 22.7 Å². The fourth-order valence-corrected chi connectivity index (χ4v) is 2.02. The highest BCUT2D eigenvalue weighted by molar-refractivity contribution is 5.76. The van der Waals surface area contributed by atoms with Gasteiger partial charge >= 0.3 is 0 Å². The van der Waals surface area contributed by atoms with E-state index in [1.54, 1.807) is 12.4 Å². The van der Waals surface area contributed by atoms with Crippen molar-refractivity contribution in [1.29, 1.82) is 0 Å². The minimum absolute atomic E-state index is 0.186. The highest BCUT2D eigenvalue weighted by Crippen LogP contribution is 2.14. The number of nitrogen functional groups attached to an aromatic ring is 1. The lowest BCUT2D eigenvalue weighted by Crippen LogP contribution is -2.11. The molecule has 0 bridgehead atoms. The number of fused-ring (bicyclic) bond motifs is 1. The number of anilines is 1. The average molecular weight is 250 g/mol. The van der Waals surface area contributed by atoms with Crippen molar-refractivity contribution in [3.8, 4) is 0 Å². The maximum absolute atomic E-state index is 11.6. The molecule has 4 N–H and O–H groups in total. The number of nitrogens with one attached hydrogen (secondary N) is 1. The minimum atomic E-state index is -0.266. The Morgan fingerprint density at radius 3 is 3.06 bits per heavy atom. The predicted octanol–water partition coefficient (Wildman–Crippen LogP) is 0.715. The van der Waals surface area contributed by atoms with Crippen molar-refractivity contribution >= 4 is 16.9 Å². The molecule has 1 atom stereocenters. The number of aryl methyl sites for hydroxylation is 1. The van der Waals surface area contributed by atoms with Crippen LogP contribution in [0.25, 0.3) is 11.0 Å². The third-order valence-electron chi connectivity index (χ3n) is 3.26. The second-order valence-corrected chi connectivity index (χ2v) is 4.47. The van der Waals surface area contributed by atoms with E-state index < -0.39 is 0 Å². The lowest BCUT2D eigenvalue weighted by atomic mass is 10.0. The molecule has 2 aromatic heterocycles. The third-order valence-corrected chi connectivity index (χ3v) is 3.26. The van der Waals surface area contributed by atoms with Gasteiger partial charge in [0.25, 0.3) is 5.56 Å². The molecule has 98 valence electrons. The van der Waals surface area contributed by atoms with Crippen LogP contribution < -0.4 is 11.3 Å². The van der Waals surface area contributed by atoms with E-state index in [0.717, 1.165) is 24.9 Å². The molecule has 2 heterocycles. The summed E-state index contributed by atoms with van der Waals surface area (Å²) >= 11 is 0. The molecular formula is C12H18N4O2. The monoisotopic (exact) mass is 250 g/mol. The van der Waals surface area contributed by atoms with E-state index in [1.807, 2.05) is 4.57 Å². The molecule has 2 aromatic rings. The summed E-state index contributed by atoms with van der Waals surface area (Å²) in [6.45, 7) is 2.96. The molecule has 6 heteroatoms. The third kappa shape index (κ3) is 2.38. The highest BCUT2D eigenvalue weighted by Gasteiger charge is 2.09. The van der Waals surface area contributed by atoms with Gasteiger partial charge in [-0.25, -0.2) is 4.98 Å². The molecule has 0 saturated heterocycles. The van der Waals surface area contributed by atoms with Crippen LogP contribution in [0.15, 0.2) is 17.2 Å². The zero-order valence-electron chi connectivity index (χ0n) is 10.4. The van der Waals surface area contributed by atoms with Crippen molar-refractivity contribution in [3.63, 3.8) is 0 Å². The SMILES string of the molecule is CCC(CO)CCn1cnc2c(=O)[nH]c(N)cc21. The van der Waals surface area contributed by atoms with E-state index in [2.05, 4.69) is 16.9 Å². The number of nitrogens with zero attached hydrogens (tertiary/aromatic N) is 2. The van der Waals surface area contributed by atoms with Crippen LogP contribution in [0.4, 0.5) is 5.82 Å². The Bertz CT molecular complexity index is 583. The molecule has 0 aliphatic rings. The fraction of sp³-hybridized carbons (Fsp3) is 0.500. The molecule has 6 nitrogen and oxygen atoms in total. The van der Waals surface area contributed by atoms with Gasteiger partial charge in [0.2, 0.25) is 0 Å². The standard InChI is InChI=1S/C12H18N4O2/c1-2-8(6-17)3-4-16-7-14-11-9(16)5-10(13)15-12(11)18/h5,7-8,17H,2-4,6H2,1H3,(H3,13,15,18). The fourth-order valence-electron chi connectivity index (χ4n) is 2.02. The van der Waals surface area contributed by atoms with E-state index in [9.17, 15) is 4.79 Å². The summed E-state index contributed by atoms with van der Waals surface area (Å²) in [5.41, 5.74) is 6.50. The molecule has 2 rings (SSSR count). The van der Waals surface area contributed by atoms with Crippen LogP contribution in [0.3, 0.4) is 0 Å². The van der Waals surface area contributed by atoms with Crippen LogP contribution in [0.1, 0.15) is 19.8 Å². The highest BCUT2D eigenvalue weighted by atomic mass is 16.3. The second kappa shape index (κ2) is 5.22.